The van der Waals surface area contributed by atoms with Crippen LogP contribution in [0.15, 0.2) is 36.4 Å². The van der Waals surface area contributed by atoms with Gasteiger partial charge in [0.25, 0.3) is 11.8 Å². The average molecular weight is 427 g/mol. The first-order valence-electron chi connectivity index (χ1n) is 10.6. The molecule has 4 heterocycles. The highest BCUT2D eigenvalue weighted by atomic mass is 19.1. The number of rotatable bonds is 2. The highest BCUT2D eigenvalue weighted by Crippen LogP contribution is 2.45. The summed E-state index contributed by atoms with van der Waals surface area (Å²) in [6.45, 7) is 1.36. The number of halogens is 1. The maximum atomic E-state index is 14.0. The molecule has 0 saturated carbocycles. The Kier molecular flexibility index (Phi) is 3.33. The molecule has 0 bridgehead atoms. The summed E-state index contributed by atoms with van der Waals surface area (Å²) in [6, 6.07) is 10.6. The Morgan fingerprint density at radius 3 is 2.69 bits per heavy atom. The predicted octanol–water partition coefficient (Wildman–Crippen LogP) is 4.27. The molecule has 32 heavy (non-hydrogen) atoms. The zero-order valence-electron chi connectivity index (χ0n) is 17.2. The van der Waals surface area contributed by atoms with Crippen LogP contribution in [0.2, 0.25) is 0 Å². The van der Waals surface area contributed by atoms with E-state index in [2.05, 4.69) is 20.9 Å². The molecule has 7 rings (SSSR count). The van der Waals surface area contributed by atoms with Gasteiger partial charge in [0, 0.05) is 46.6 Å². The molecule has 0 spiro atoms. The molecule has 5 aromatic rings. The van der Waals surface area contributed by atoms with E-state index in [1.54, 1.807) is 13.2 Å². The summed E-state index contributed by atoms with van der Waals surface area (Å²) < 4.78 is 21.7. The van der Waals surface area contributed by atoms with Crippen LogP contribution in [0.4, 0.5) is 4.39 Å². The van der Waals surface area contributed by atoms with E-state index < -0.39 is 5.91 Å². The van der Waals surface area contributed by atoms with Crippen molar-refractivity contribution in [1.82, 2.24) is 14.9 Å². The molecule has 0 fully saturated rings. The van der Waals surface area contributed by atoms with Crippen LogP contribution in [0.25, 0.3) is 43.6 Å². The van der Waals surface area contributed by atoms with Crippen LogP contribution >= 0.6 is 0 Å². The number of para-hydroxylation sites is 1. The van der Waals surface area contributed by atoms with Crippen LogP contribution in [-0.2, 0) is 17.7 Å². The van der Waals surface area contributed by atoms with E-state index >= 15 is 0 Å². The molecule has 0 saturated heterocycles. The van der Waals surface area contributed by atoms with Gasteiger partial charge in [0.2, 0.25) is 0 Å². The molecule has 2 aliphatic rings. The lowest BCUT2D eigenvalue weighted by atomic mass is 9.94. The largest absolute Gasteiger partial charge is 0.384 e. The lowest BCUT2D eigenvalue weighted by Crippen LogP contribution is -2.23. The number of nitrogens with one attached hydrogen (secondary N) is 2. The quantitative estimate of drug-likeness (QED) is 0.413. The number of methoxy groups -OCH3 is 1. The smallest absolute Gasteiger partial charge is 0.259 e. The van der Waals surface area contributed by atoms with Gasteiger partial charge in [-0.1, -0.05) is 18.2 Å². The minimum atomic E-state index is -0.411. The number of ether oxygens (including phenoxy) is 1. The van der Waals surface area contributed by atoms with Gasteiger partial charge in [0.15, 0.2) is 0 Å². The summed E-state index contributed by atoms with van der Waals surface area (Å²) in [5.74, 6) is -0.868. The van der Waals surface area contributed by atoms with E-state index in [0.29, 0.717) is 28.6 Å². The van der Waals surface area contributed by atoms with E-state index in [1.165, 1.54) is 17.7 Å². The maximum absolute atomic E-state index is 14.0. The predicted molar refractivity (Wildman–Crippen MR) is 120 cm³/mol. The van der Waals surface area contributed by atoms with E-state index in [4.69, 9.17) is 4.74 Å². The van der Waals surface area contributed by atoms with Crippen molar-refractivity contribution < 1.29 is 18.7 Å². The van der Waals surface area contributed by atoms with Crippen molar-refractivity contribution in [2.75, 3.05) is 13.7 Å². The number of carbonyl (C=O) groups is 2. The minimum absolute atomic E-state index is 0.286. The lowest BCUT2D eigenvalue weighted by molar-refractivity contribution is 0.0880. The molecular formula is C25H18FN3O3. The summed E-state index contributed by atoms with van der Waals surface area (Å²) >= 11 is 0. The molecule has 2 N–H and O–H groups in total. The van der Waals surface area contributed by atoms with E-state index in [0.717, 1.165) is 45.7 Å². The number of aromatic amines is 1. The third-order valence-corrected chi connectivity index (χ3v) is 6.95. The third kappa shape index (κ3) is 2.06. The number of benzene rings is 3. The van der Waals surface area contributed by atoms with Crippen molar-refractivity contribution >= 4 is 55.4 Å². The summed E-state index contributed by atoms with van der Waals surface area (Å²) in [7, 11) is 1.71. The first-order chi connectivity index (χ1) is 15.6. The fourth-order valence-corrected chi connectivity index (χ4v) is 5.87. The second-order valence-electron chi connectivity index (χ2n) is 8.77. The number of aromatic nitrogens is 2. The van der Waals surface area contributed by atoms with Gasteiger partial charge in [-0.15, -0.1) is 0 Å². The number of nitrogens with zero attached hydrogens (tertiary/aromatic N) is 1. The Morgan fingerprint density at radius 2 is 1.88 bits per heavy atom. The first-order valence-corrected chi connectivity index (χ1v) is 10.6. The molecule has 3 aromatic carbocycles. The van der Waals surface area contributed by atoms with Crippen LogP contribution < -0.4 is 5.32 Å². The van der Waals surface area contributed by atoms with Gasteiger partial charge in [-0.2, -0.15) is 0 Å². The zero-order chi connectivity index (χ0) is 21.7. The number of carbonyl (C=O) groups excluding carboxylic acids is 2. The minimum Gasteiger partial charge on any atom is -0.384 e. The number of H-pyrrole nitrogens is 1. The molecule has 158 valence electrons. The van der Waals surface area contributed by atoms with Gasteiger partial charge < -0.3 is 14.3 Å². The topological polar surface area (TPSA) is 76.1 Å². The van der Waals surface area contributed by atoms with Crippen molar-refractivity contribution in [1.29, 1.82) is 0 Å². The van der Waals surface area contributed by atoms with E-state index in [1.807, 2.05) is 12.1 Å². The number of fused-ring (bicyclic) bond motifs is 10. The summed E-state index contributed by atoms with van der Waals surface area (Å²) in [4.78, 5) is 29.3. The molecular weight excluding hydrogens is 409 g/mol. The third-order valence-electron chi connectivity index (χ3n) is 6.95. The Balaban J connectivity index is 1.77. The fraction of sp³-hybridized carbons (Fsp3) is 0.200. The number of hydrogen-bond donors (Lipinski definition) is 2. The molecule has 2 amide bonds. The summed E-state index contributed by atoms with van der Waals surface area (Å²) in [6.07, 6.45) is 0.885. The first kappa shape index (κ1) is 17.9. The van der Waals surface area contributed by atoms with Gasteiger partial charge in [-0.05, 0) is 30.2 Å². The van der Waals surface area contributed by atoms with Crippen LogP contribution in [0, 0.1) is 11.7 Å². The van der Waals surface area contributed by atoms with Crippen LogP contribution in [-0.4, -0.2) is 35.1 Å². The standard InChI is InChI=1S/C25H18FN3O3/c1-32-10-11-7-12-3-2-4-15-18-20-19(24(30)28-25(20)31)17-14-6-5-13(26)8-16(14)27-21(17)23(18)29(9-11)22(12)15/h2-6,8,11,27H,7,9-10H2,1H3,(H,28,30,31). The lowest BCUT2D eigenvalue weighted by Gasteiger charge is -2.25. The highest BCUT2D eigenvalue weighted by Gasteiger charge is 2.37. The van der Waals surface area contributed by atoms with Crippen molar-refractivity contribution in [3.8, 4) is 0 Å². The SMILES string of the molecule is COCC1Cc2cccc3c4c5c(c6c7ccc(F)cc7[nH]c6c4n(c23)C1)C(=O)NC5=O. The maximum Gasteiger partial charge on any atom is 0.259 e. The fourth-order valence-electron chi connectivity index (χ4n) is 5.87. The second kappa shape index (κ2) is 5.95. The molecule has 1 unspecified atom stereocenters. The van der Waals surface area contributed by atoms with Gasteiger partial charge in [0.05, 0.1) is 34.3 Å². The second-order valence-corrected chi connectivity index (χ2v) is 8.77. The van der Waals surface area contributed by atoms with Crippen LogP contribution in [0.3, 0.4) is 0 Å². The Labute approximate surface area is 180 Å². The average Bonchev–Trinajstić information content (AvgIpc) is 3.39. The van der Waals surface area contributed by atoms with Gasteiger partial charge in [-0.25, -0.2) is 4.39 Å². The van der Waals surface area contributed by atoms with Crippen molar-refractivity contribution in [2.24, 2.45) is 5.92 Å². The Hall–Kier alpha value is -3.71. The number of hydrogen-bond acceptors (Lipinski definition) is 3. The van der Waals surface area contributed by atoms with Crippen molar-refractivity contribution in [3.05, 3.63) is 58.9 Å². The monoisotopic (exact) mass is 427 g/mol. The Bertz CT molecular complexity index is 1680. The summed E-state index contributed by atoms with van der Waals surface area (Å²) in [5, 5.41) is 5.62. The van der Waals surface area contributed by atoms with E-state index in [9.17, 15) is 14.0 Å². The highest BCUT2D eigenvalue weighted by molar-refractivity contribution is 6.39. The van der Waals surface area contributed by atoms with Crippen molar-refractivity contribution in [2.45, 2.75) is 13.0 Å². The Morgan fingerprint density at radius 1 is 1.06 bits per heavy atom. The number of amides is 2. The molecule has 1 atom stereocenters. The van der Waals surface area contributed by atoms with E-state index in [-0.39, 0.29) is 17.6 Å². The van der Waals surface area contributed by atoms with Crippen LogP contribution in [0.1, 0.15) is 26.3 Å². The van der Waals surface area contributed by atoms with Gasteiger partial charge in [0.1, 0.15) is 5.82 Å². The zero-order valence-corrected chi connectivity index (χ0v) is 17.2. The normalized spacial score (nSPS) is 17.8. The molecule has 2 aromatic heterocycles. The van der Waals surface area contributed by atoms with Gasteiger partial charge in [-0.3, -0.25) is 14.9 Å². The summed E-state index contributed by atoms with van der Waals surface area (Å²) in [5.41, 5.74) is 5.29. The van der Waals surface area contributed by atoms with Crippen LogP contribution in [0.5, 0.6) is 0 Å². The molecule has 6 nitrogen and oxygen atoms in total. The number of imide groups is 1. The van der Waals surface area contributed by atoms with Gasteiger partial charge >= 0.3 is 0 Å². The molecule has 7 heteroatoms. The van der Waals surface area contributed by atoms with Crippen molar-refractivity contribution in [3.63, 3.8) is 0 Å². The molecule has 0 radical (unpaired) electrons. The molecule has 2 aliphatic heterocycles. The molecule has 0 aliphatic carbocycles.